The molecule has 1 heterocycles. The molecular weight excluding hydrogens is 306 g/mol. The van der Waals surface area contributed by atoms with Gasteiger partial charge in [-0.05, 0) is 30.2 Å². The summed E-state index contributed by atoms with van der Waals surface area (Å²) in [5, 5.41) is 1.03. The Morgan fingerprint density at radius 1 is 1.29 bits per heavy atom. The maximum Gasteiger partial charge on any atom is 0.240 e. The van der Waals surface area contributed by atoms with Crippen molar-refractivity contribution in [3.05, 3.63) is 40.3 Å². The molecule has 2 aromatic rings. The average molecular weight is 325 g/mol. The van der Waals surface area contributed by atoms with Gasteiger partial charge in [-0.2, -0.15) is 0 Å². The molecule has 0 aliphatic heterocycles. The lowest BCUT2D eigenvalue weighted by Crippen LogP contribution is -2.22. The van der Waals surface area contributed by atoms with Gasteiger partial charge in [0, 0.05) is 29.7 Å². The number of nitrogens with two attached hydrogens (primary N) is 1. The summed E-state index contributed by atoms with van der Waals surface area (Å²) in [6.07, 6.45) is 2.64. The topological polar surface area (TPSA) is 85.1 Å². The fourth-order valence-corrected chi connectivity index (χ4v) is 3.94. The highest BCUT2D eigenvalue weighted by Gasteiger charge is 2.14. The van der Waals surface area contributed by atoms with Gasteiger partial charge in [0.1, 0.15) is 0 Å². The van der Waals surface area contributed by atoms with Crippen molar-refractivity contribution in [1.29, 1.82) is 0 Å². The molecule has 5 nitrogen and oxygen atoms in total. The van der Waals surface area contributed by atoms with Crippen LogP contribution >= 0.6 is 11.3 Å². The Kier molecular flexibility index (Phi) is 4.97. The second-order valence-electron chi connectivity index (χ2n) is 5.21. The molecule has 2 rings (SSSR count). The number of rotatable bonds is 6. The number of thiazole rings is 1. The average Bonchev–Trinajstić information content (AvgIpc) is 2.84. The summed E-state index contributed by atoms with van der Waals surface area (Å²) in [4.78, 5) is 5.43. The standard InChI is InChI=1S/C14H19N3O2S2/c1-10(2)7-14-16-8-12(20-14)9-17-21(18,19)13-5-3-11(15)4-6-13/h3-6,8,10,17H,7,9,15H2,1-2H3. The fraction of sp³-hybridized carbons (Fsp3) is 0.357. The molecule has 0 amide bonds. The Bertz CT molecular complexity index is 691. The SMILES string of the molecule is CC(C)Cc1ncc(CNS(=O)(=O)c2ccc(N)cc2)s1. The van der Waals surface area contributed by atoms with Crippen LogP contribution in [0.4, 0.5) is 5.69 Å². The van der Waals surface area contributed by atoms with E-state index >= 15 is 0 Å². The van der Waals surface area contributed by atoms with E-state index in [2.05, 4.69) is 23.6 Å². The molecule has 0 fully saturated rings. The predicted octanol–water partition coefficient (Wildman–Crippen LogP) is 2.40. The lowest BCUT2D eigenvalue weighted by atomic mass is 10.1. The van der Waals surface area contributed by atoms with Crippen molar-refractivity contribution >= 4 is 27.0 Å². The summed E-state index contributed by atoms with van der Waals surface area (Å²) in [5.74, 6) is 0.537. The van der Waals surface area contributed by atoms with E-state index in [0.29, 0.717) is 11.6 Å². The molecule has 0 bridgehead atoms. The van der Waals surface area contributed by atoms with Gasteiger partial charge in [-0.1, -0.05) is 13.8 Å². The van der Waals surface area contributed by atoms with E-state index in [1.54, 1.807) is 29.7 Å². The first-order chi connectivity index (χ1) is 9.87. The molecule has 0 aliphatic rings. The summed E-state index contributed by atoms with van der Waals surface area (Å²) < 4.78 is 26.8. The minimum Gasteiger partial charge on any atom is -0.399 e. The lowest BCUT2D eigenvalue weighted by Gasteiger charge is -2.05. The molecule has 0 atom stereocenters. The Labute approximate surface area is 129 Å². The van der Waals surface area contributed by atoms with Crippen LogP contribution in [0.1, 0.15) is 23.7 Å². The van der Waals surface area contributed by atoms with Crippen LogP contribution in [0.2, 0.25) is 0 Å². The number of nitrogens with one attached hydrogen (secondary N) is 1. The Hall–Kier alpha value is -1.44. The van der Waals surface area contributed by atoms with Gasteiger partial charge in [-0.15, -0.1) is 11.3 Å². The number of benzene rings is 1. The quantitative estimate of drug-likeness (QED) is 0.799. The number of hydrogen-bond donors (Lipinski definition) is 2. The summed E-state index contributed by atoms with van der Waals surface area (Å²) in [7, 11) is -3.52. The van der Waals surface area contributed by atoms with Gasteiger partial charge in [0.2, 0.25) is 10.0 Å². The summed E-state index contributed by atoms with van der Waals surface area (Å²) in [6, 6.07) is 6.13. The zero-order valence-corrected chi connectivity index (χ0v) is 13.7. The lowest BCUT2D eigenvalue weighted by molar-refractivity contribution is 0.582. The summed E-state index contributed by atoms with van der Waals surface area (Å²) in [5.41, 5.74) is 6.09. The molecule has 0 spiro atoms. The molecule has 7 heteroatoms. The molecule has 0 unspecified atom stereocenters. The number of nitrogen functional groups attached to an aromatic ring is 1. The van der Waals surface area contributed by atoms with Crippen LogP contribution in [0.15, 0.2) is 35.4 Å². The first-order valence-corrected chi connectivity index (χ1v) is 8.95. The molecular formula is C14H19N3O2S2. The monoisotopic (exact) mass is 325 g/mol. The highest BCUT2D eigenvalue weighted by molar-refractivity contribution is 7.89. The Morgan fingerprint density at radius 3 is 2.57 bits per heavy atom. The van der Waals surface area contributed by atoms with Crippen LogP contribution in [-0.2, 0) is 23.0 Å². The molecule has 3 N–H and O–H groups in total. The number of nitrogens with zero attached hydrogens (tertiary/aromatic N) is 1. The second-order valence-corrected chi connectivity index (χ2v) is 8.18. The van der Waals surface area contributed by atoms with Crippen LogP contribution in [0.5, 0.6) is 0 Å². The molecule has 0 aliphatic carbocycles. The van der Waals surface area contributed by atoms with Crippen molar-refractivity contribution in [2.45, 2.75) is 31.7 Å². The number of hydrogen-bond acceptors (Lipinski definition) is 5. The number of anilines is 1. The van der Waals surface area contributed by atoms with Crippen LogP contribution in [0, 0.1) is 5.92 Å². The maximum atomic E-state index is 12.1. The van der Waals surface area contributed by atoms with E-state index in [1.807, 2.05) is 0 Å². The van der Waals surface area contributed by atoms with Crippen LogP contribution in [0.3, 0.4) is 0 Å². The van der Waals surface area contributed by atoms with E-state index in [0.717, 1.165) is 16.3 Å². The maximum absolute atomic E-state index is 12.1. The molecule has 21 heavy (non-hydrogen) atoms. The molecule has 0 radical (unpaired) electrons. The van der Waals surface area contributed by atoms with Crippen molar-refractivity contribution in [2.75, 3.05) is 5.73 Å². The van der Waals surface area contributed by atoms with E-state index in [-0.39, 0.29) is 11.4 Å². The molecule has 114 valence electrons. The largest absolute Gasteiger partial charge is 0.399 e. The predicted molar refractivity (Wildman–Crippen MR) is 85.5 cm³/mol. The summed E-state index contributed by atoms with van der Waals surface area (Å²) >= 11 is 1.54. The minimum absolute atomic E-state index is 0.212. The van der Waals surface area contributed by atoms with Crippen molar-refractivity contribution in [3.8, 4) is 0 Å². The third kappa shape index (κ3) is 4.52. The fourth-order valence-electron chi connectivity index (χ4n) is 1.77. The van der Waals surface area contributed by atoms with Gasteiger partial charge in [0.25, 0.3) is 0 Å². The van der Waals surface area contributed by atoms with Crippen molar-refractivity contribution < 1.29 is 8.42 Å². The van der Waals surface area contributed by atoms with Gasteiger partial charge in [-0.3, -0.25) is 0 Å². The van der Waals surface area contributed by atoms with Crippen molar-refractivity contribution in [2.24, 2.45) is 5.92 Å². The molecule has 1 aromatic carbocycles. The third-order valence-corrected chi connectivity index (χ3v) is 5.25. The van der Waals surface area contributed by atoms with Crippen LogP contribution in [-0.4, -0.2) is 13.4 Å². The minimum atomic E-state index is -3.52. The van der Waals surface area contributed by atoms with E-state index in [1.165, 1.54) is 12.1 Å². The second kappa shape index (κ2) is 6.55. The Balaban J connectivity index is 2.01. The highest BCUT2D eigenvalue weighted by Crippen LogP contribution is 2.17. The van der Waals surface area contributed by atoms with Crippen molar-refractivity contribution in [1.82, 2.24) is 9.71 Å². The van der Waals surface area contributed by atoms with E-state index < -0.39 is 10.0 Å². The zero-order valence-electron chi connectivity index (χ0n) is 12.0. The van der Waals surface area contributed by atoms with Gasteiger partial charge >= 0.3 is 0 Å². The van der Waals surface area contributed by atoms with Crippen LogP contribution < -0.4 is 10.5 Å². The summed E-state index contributed by atoms with van der Waals surface area (Å²) in [6.45, 7) is 4.51. The van der Waals surface area contributed by atoms with Crippen molar-refractivity contribution in [3.63, 3.8) is 0 Å². The number of sulfonamides is 1. The zero-order chi connectivity index (χ0) is 15.5. The van der Waals surface area contributed by atoms with Gasteiger partial charge in [0.05, 0.1) is 9.90 Å². The van der Waals surface area contributed by atoms with Crippen LogP contribution in [0.25, 0.3) is 0 Å². The third-order valence-electron chi connectivity index (χ3n) is 2.81. The Morgan fingerprint density at radius 2 is 1.95 bits per heavy atom. The highest BCUT2D eigenvalue weighted by atomic mass is 32.2. The van der Waals surface area contributed by atoms with Gasteiger partial charge < -0.3 is 5.73 Å². The first kappa shape index (κ1) is 15.9. The normalized spacial score (nSPS) is 12.0. The van der Waals surface area contributed by atoms with E-state index in [9.17, 15) is 8.42 Å². The number of aromatic nitrogens is 1. The molecule has 1 aromatic heterocycles. The molecule has 0 saturated carbocycles. The molecule has 0 saturated heterocycles. The van der Waals surface area contributed by atoms with E-state index in [4.69, 9.17) is 5.73 Å². The first-order valence-electron chi connectivity index (χ1n) is 6.65. The smallest absolute Gasteiger partial charge is 0.240 e. The van der Waals surface area contributed by atoms with Gasteiger partial charge in [-0.25, -0.2) is 18.1 Å². The van der Waals surface area contributed by atoms with Gasteiger partial charge in [0.15, 0.2) is 0 Å².